The van der Waals surface area contributed by atoms with Crippen LogP contribution in [0, 0.1) is 18.4 Å². The van der Waals surface area contributed by atoms with E-state index < -0.39 is 12.1 Å². The molecule has 188 valence electrons. The van der Waals surface area contributed by atoms with E-state index in [1.54, 1.807) is 18.5 Å². The molecule has 0 amide bonds. The third kappa shape index (κ3) is 3.67. The molecule has 2 aliphatic rings. The second-order valence-electron chi connectivity index (χ2n) is 10.3. The van der Waals surface area contributed by atoms with Crippen molar-refractivity contribution in [3.63, 3.8) is 0 Å². The minimum atomic E-state index is -0.608. The largest absolute Gasteiger partial charge is 0.308 e. The minimum Gasteiger partial charge on any atom is -0.308 e. The van der Waals surface area contributed by atoms with Gasteiger partial charge in [0.25, 0.3) is 0 Å². The van der Waals surface area contributed by atoms with E-state index in [0.717, 1.165) is 52.2 Å². The number of Topliss-reactive ketones (excluding diaryl/α,β-unsaturated/α-hetero) is 1. The first kappa shape index (κ1) is 23.9. The number of ketones is 1. The summed E-state index contributed by atoms with van der Waals surface area (Å²) in [7, 11) is 0. The molecule has 7 heteroatoms. The van der Waals surface area contributed by atoms with Crippen molar-refractivity contribution in [2.45, 2.75) is 38.8 Å². The number of hydrogen-bond acceptors (Lipinski definition) is 4. The molecular weight excluding hydrogens is 477 g/mol. The summed E-state index contributed by atoms with van der Waals surface area (Å²) in [5, 5.41) is 5.12. The molecule has 3 atom stereocenters. The quantitative estimate of drug-likeness (QED) is 0.306. The molecule has 0 fully saturated rings. The van der Waals surface area contributed by atoms with Crippen LogP contribution in [0.5, 0.6) is 0 Å². The molecule has 4 aromatic rings. The highest BCUT2D eigenvalue weighted by Gasteiger charge is 2.50. The smallest absolute Gasteiger partial charge is 0.226 e. The van der Waals surface area contributed by atoms with Crippen molar-refractivity contribution in [3.8, 4) is 28.1 Å². The van der Waals surface area contributed by atoms with Crippen LogP contribution in [0.3, 0.4) is 0 Å². The van der Waals surface area contributed by atoms with Crippen LogP contribution in [0.1, 0.15) is 37.2 Å². The van der Waals surface area contributed by atoms with E-state index in [4.69, 9.17) is 11.7 Å². The summed E-state index contributed by atoms with van der Waals surface area (Å²) < 4.78 is 15.1. The lowest BCUT2D eigenvalue weighted by Gasteiger charge is -2.45. The number of alkyl halides is 1. The second kappa shape index (κ2) is 9.14. The van der Waals surface area contributed by atoms with Crippen molar-refractivity contribution >= 4 is 5.78 Å². The van der Waals surface area contributed by atoms with Crippen LogP contribution >= 0.6 is 0 Å². The van der Waals surface area contributed by atoms with Gasteiger partial charge >= 0.3 is 0 Å². The van der Waals surface area contributed by atoms with E-state index >= 15 is 0 Å². The average Bonchev–Trinajstić information content (AvgIpc) is 3.37. The Kier molecular flexibility index (Phi) is 5.76. The third-order valence-electron chi connectivity index (χ3n) is 8.13. The highest BCUT2D eigenvalue weighted by Crippen LogP contribution is 2.52. The zero-order chi connectivity index (χ0) is 26.4. The minimum absolute atomic E-state index is 0.0698. The lowest BCUT2D eigenvalue weighted by Crippen LogP contribution is -2.46. The van der Waals surface area contributed by atoms with Crippen molar-refractivity contribution in [2.75, 3.05) is 0 Å². The summed E-state index contributed by atoms with van der Waals surface area (Å²) in [4.78, 5) is 24.9. The molecule has 3 aromatic heterocycles. The number of halogens is 1. The number of benzene rings is 1. The topological polar surface area (TPSA) is 65.0 Å². The van der Waals surface area contributed by atoms with Crippen molar-refractivity contribution in [1.82, 2.24) is 19.7 Å². The summed E-state index contributed by atoms with van der Waals surface area (Å²) in [5.74, 6) is -0.245. The van der Waals surface area contributed by atoms with Crippen molar-refractivity contribution in [1.29, 1.82) is 0 Å². The van der Waals surface area contributed by atoms with Crippen molar-refractivity contribution in [3.05, 3.63) is 107 Å². The maximum Gasteiger partial charge on any atom is 0.226 e. The zero-order valence-corrected chi connectivity index (χ0v) is 21.2. The molecule has 0 aliphatic heterocycles. The van der Waals surface area contributed by atoms with Crippen molar-refractivity contribution < 1.29 is 9.18 Å². The Bertz CT molecular complexity index is 1620. The lowest BCUT2D eigenvalue weighted by molar-refractivity contribution is -0.121. The third-order valence-corrected chi connectivity index (χ3v) is 8.13. The van der Waals surface area contributed by atoms with Gasteiger partial charge in [0.05, 0.1) is 29.3 Å². The summed E-state index contributed by atoms with van der Waals surface area (Å²) in [5.41, 5.74) is 6.76. The molecule has 1 aromatic carbocycles. The standard InChI is InChI=1S/C31H26FN5O/c1-19-26-11-10-25-28(22-5-4-13-34-18-22)36-37(30(25)31(26,2)16-27(33-3)29(19)38)24-8-6-20(7-9-24)21-12-14-35-23(15-21)17-32/h4-9,12-16,18-19,26H,10-11,17H2,1-2H3/t19-,26-,31-/m1/s1. The monoisotopic (exact) mass is 503 g/mol. The molecule has 0 spiro atoms. The normalized spacial score (nSPS) is 22.3. The fourth-order valence-electron chi connectivity index (χ4n) is 6.27. The van der Waals surface area contributed by atoms with E-state index in [0.29, 0.717) is 5.69 Å². The molecule has 2 aliphatic carbocycles. The molecule has 0 N–H and O–H groups in total. The van der Waals surface area contributed by atoms with Gasteiger partial charge in [0.15, 0.2) is 5.78 Å². The maximum absolute atomic E-state index is 13.2. The number of carbonyl (C=O) groups excluding carboxylic acids is 1. The Hall–Kier alpha value is -4.44. The zero-order valence-electron chi connectivity index (χ0n) is 21.2. The molecule has 0 saturated carbocycles. The van der Waals surface area contributed by atoms with Crippen LogP contribution < -0.4 is 0 Å². The molecular formula is C31H26FN5O. The Labute approximate surface area is 220 Å². The highest BCUT2D eigenvalue weighted by molar-refractivity contribution is 6.00. The predicted molar refractivity (Wildman–Crippen MR) is 143 cm³/mol. The van der Waals surface area contributed by atoms with E-state index in [9.17, 15) is 9.18 Å². The number of nitrogens with zero attached hydrogens (tertiary/aromatic N) is 5. The number of rotatable bonds is 4. The molecule has 6 nitrogen and oxygen atoms in total. The molecule has 0 saturated heterocycles. The Morgan fingerprint density at radius 3 is 2.66 bits per heavy atom. The Morgan fingerprint density at radius 1 is 1.13 bits per heavy atom. The molecule has 3 heterocycles. The van der Waals surface area contributed by atoms with Gasteiger partial charge in [-0.15, -0.1) is 0 Å². The highest BCUT2D eigenvalue weighted by atomic mass is 19.1. The van der Waals surface area contributed by atoms with Gasteiger partial charge in [0.2, 0.25) is 5.70 Å². The van der Waals surface area contributed by atoms with Gasteiger partial charge in [0, 0.05) is 41.1 Å². The first-order valence-electron chi connectivity index (χ1n) is 12.7. The Morgan fingerprint density at radius 2 is 1.95 bits per heavy atom. The molecule has 6 rings (SSSR count). The number of pyridine rings is 2. The second-order valence-corrected chi connectivity index (χ2v) is 10.3. The maximum atomic E-state index is 13.2. The van der Waals surface area contributed by atoms with Crippen LogP contribution in [0.2, 0.25) is 0 Å². The van der Waals surface area contributed by atoms with E-state index in [2.05, 4.69) is 21.7 Å². The van der Waals surface area contributed by atoms with Gasteiger partial charge in [0.1, 0.15) is 6.67 Å². The van der Waals surface area contributed by atoms with Crippen LogP contribution in [0.4, 0.5) is 4.39 Å². The number of allylic oxidation sites excluding steroid dienone is 2. The summed E-state index contributed by atoms with van der Waals surface area (Å²) >= 11 is 0. The SMILES string of the molecule is [C-]#[N+]C1=C[C@@]2(C)c3c(c(-c4cccnc4)nn3-c3ccc(-c4ccnc(CF)c4)cc3)CC[C@@H]2[C@@H](C)C1=O. The van der Waals surface area contributed by atoms with Gasteiger partial charge < -0.3 is 4.79 Å². The van der Waals surface area contributed by atoms with E-state index in [-0.39, 0.29) is 23.3 Å². The first-order valence-corrected chi connectivity index (χ1v) is 12.7. The average molecular weight is 504 g/mol. The summed E-state index contributed by atoms with van der Waals surface area (Å²) in [6.07, 6.45) is 8.70. The van der Waals surface area contributed by atoms with Gasteiger partial charge in [-0.3, -0.25) is 9.97 Å². The summed E-state index contributed by atoms with van der Waals surface area (Å²) in [6, 6.07) is 15.6. The van der Waals surface area contributed by atoms with Crippen LogP contribution in [0.15, 0.2) is 78.9 Å². The van der Waals surface area contributed by atoms with Gasteiger partial charge in [-0.05, 0) is 66.3 Å². The van der Waals surface area contributed by atoms with Crippen LogP contribution in [-0.4, -0.2) is 25.5 Å². The molecule has 0 radical (unpaired) electrons. The lowest BCUT2D eigenvalue weighted by atomic mass is 9.58. The fourth-order valence-corrected chi connectivity index (χ4v) is 6.27. The predicted octanol–water partition coefficient (Wildman–Crippen LogP) is 6.31. The number of hydrogen-bond donors (Lipinski definition) is 0. The van der Waals surface area contributed by atoms with E-state index in [1.807, 2.05) is 66.3 Å². The first-order chi connectivity index (χ1) is 18.4. The van der Waals surface area contributed by atoms with Crippen LogP contribution in [0.25, 0.3) is 32.9 Å². The molecule has 0 unspecified atom stereocenters. The van der Waals surface area contributed by atoms with Crippen molar-refractivity contribution in [2.24, 2.45) is 11.8 Å². The van der Waals surface area contributed by atoms with Crippen LogP contribution in [-0.2, 0) is 23.3 Å². The Balaban J connectivity index is 1.54. The number of fused-ring (bicyclic) bond motifs is 3. The van der Waals surface area contributed by atoms with Gasteiger partial charge in [-0.2, -0.15) is 5.10 Å². The summed E-state index contributed by atoms with van der Waals surface area (Å²) in [6.45, 7) is 11.1. The van der Waals surface area contributed by atoms with Gasteiger partial charge in [-0.1, -0.05) is 32.1 Å². The molecule has 38 heavy (non-hydrogen) atoms. The van der Waals surface area contributed by atoms with Gasteiger partial charge in [-0.25, -0.2) is 13.9 Å². The van der Waals surface area contributed by atoms with E-state index in [1.165, 1.54) is 0 Å². The number of carbonyl (C=O) groups is 1. The fraction of sp³-hybridized carbons (Fsp3) is 0.258. The molecule has 0 bridgehead atoms. The number of aromatic nitrogens is 4.